The van der Waals surface area contributed by atoms with Gasteiger partial charge in [0.1, 0.15) is 18.1 Å². The number of hydrogen-bond acceptors (Lipinski definition) is 5. The van der Waals surface area contributed by atoms with Gasteiger partial charge >= 0.3 is 0 Å². The fraction of sp³-hybridized carbons (Fsp3) is 0.240. The zero-order chi connectivity index (χ0) is 23.8. The summed E-state index contributed by atoms with van der Waals surface area (Å²) >= 11 is 0. The Balaban J connectivity index is 1.56. The minimum atomic E-state index is -3.47. The van der Waals surface area contributed by atoms with Gasteiger partial charge in [-0.3, -0.25) is 9.10 Å². The number of sulfonamides is 1. The summed E-state index contributed by atoms with van der Waals surface area (Å²) in [7, 11) is -1.87. The van der Waals surface area contributed by atoms with Crippen molar-refractivity contribution in [2.75, 3.05) is 30.8 Å². The molecule has 8 heteroatoms. The molecule has 3 aromatic rings. The molecule has 0 unspecified atom stereocenters. The summed E-state index contributed by atoms with van der Waals surface area (Å²) in [5.41, 5.74) is 2.78. The third-order valence-corrected chi connectivity index (χ3v) is 6.17. The fourth-order valence-corrected chi connectivity index (χ4v) is 4.20. The lowest BCUT2D eigenvalue weighted by Gasteiger charge is -2.24. The van der Waals surface area contributed by atoms with Crippen LogP contribution in [-0.4, -0.2) is 40.8 Å². The van der Waals surface area contributed by atoms with Crippen LogP contribution >= 0.6 is 0 Å². The summed E-state index contributed by atoms with van der Waals surface area (Å²) in [6.07, 6.45) is 1.19. The van der Waals surface area contributed by atoms with Crippen LogP contribution in [0.2, 0.25) is 0 Å². The molecule has 0 aliphatic carbocycles. The van der Waals surface area contributed by atoms with Crippen molar-refractivity contribution in [3.63, 3.8) is 0 Å². The van der Waals surface area contributed by atoms with Crippen LogP contribution < -0.4 is 19.1 Å². The quantitative estimate of drug-likeness (QED) is 0.458. The topological polar surface area (TPSA) is 84.9 Å². The molecule has 33 heavy (non-hydrogen) atoms. The molecule has 7 nitrogen and oxygen atoms in total. The molecule has 0 atom stereocenters. The molecule has 0 fully saturated rings. The van der Waals surface area contributed by atoms with Crippen molar-refractivity contribution in [1.82, 2.24) is 5.32 Å². The van der Waals surface area contributed by atoms with Gasteiger partial charge < -0.3 is 14.8 Å². The van der Waals surface area contributed by atoms with Crippen molar-refractivity contribution in [3.8, 4) is 11.5 Å². The zero-order valence-electron chi connectivity index (χ0n) is 18.9. The van der Waals surface area contributed by atoms with Crippen molar-refractivity contribution in [2.24, 2.45) is 0 Å². The number of para-hydroxylation sites is 1. The van der Waals surface area contributed by atoms with Gasteiger partial charge in [0.15, 0.2) is 0 Å². The number of benzene rings is 3. The van der Waals surface area contributed by atoms with Crippen LogP contribution in [0.4, 0.5) is 5.69 Å². The van der Waals surface area contributed by atoms with Crippen molar-refractivity contribution in [2.45, 2.75) is 13.5 Å². The average Bonchev–Trinajstić information content (AvgIpc) is 2.81. The van der Waals surface area contributed by atoms with Gasteiger partial charge in [0, 0.05) is 5.56 Å². The molecule has 0 spiro atoms. The van der Waals surface area contributed by atoms with Gasteiger partial charge in [0.05, 0.1) is 32.1 Å². The Bertz CT molecular complexity index is 1180. The van der Waals surface area contributed by atoms with Crippen molar-refractivity contribution >= 4 is 21.6 Å². The van der Waals surface area contributed by atoms with Crippen LogP contribution in [0.1, 0.15) is 21.5 Å². The van der Waals surface area contributed by atoms with Crippen molar-refractivity contribution < 1.29 is 22.7 Å². The molecule has 174 valence electrons. The van der Waals surface area contributed by atoms with Gasteiger partial charge in [-0.05, 0) is 60.5 Å². The van der Waals surface area contributed by atoms with E-state index in [0.29, 0.717) is 30.2 Å². The van der Waals surface area contributed by atoms with Crippen LogP contribution in [0.25, 0.3) is 0 Å². The van der Waals surface area contributed by atoms with Crippen LogP contribution in [0.15, 0.2) is 72.8 Å². The number of aryl methyl sites for hydroxylation is 1. The number of carbonyl (C=O) groups is 1. The monoisotopic (exact) mass is 468 g/mol. The smallest absolute Gasteiger partial charge is 0.251 e. The van der Waals surface area contributed by atoms with E-state index >= 15 is 0 Å². The lowest BCUT2D eigenvalue weighted by molar-refractivity contribution is 0.0947. The largest absolute Gasteiger partial charge is 0.497 e. The Labute approximate surface area is 195 Å². The molecule has 0 radical (unpaired) electrons. The highest BCUT2D eigenvalue weighted by Crippen LogP contribution is 2.24. The molecular weight excluding hydrogens is 440 g/mol. The molecule has 3 rings (SSSR count). The number of methoxy groups -OCH3 is 1. The first-order valence-corrected chi connectivity index (χ1v) is 12.3. The summed E-state index contributed by atoms with van der Waals surface area (Å²) in [5, 5.41) is 2.81. The van der Waals surface area contributed by atoms with E-state index in [9.17, 15) is 13.2 Å². The van der Waals surface area contributed by atoms with E-state index in [1.807, 2.05) is 25.1 Å². The summed E-state index contributed by atoms with van der Waals surface area (Å²) in [4.78, 5) is 12.4. The van der Waals surface area contributed by atoms with Gasteiger partial charge in [-0.25, -0.2) is 8.42 Å². The number of carbonyl (C=O) groups excluding carboxylic acids is 1. The Morgan fingerprint density at radius 3 is 2.18 bits per heavy atom. The number of rotatable bonds is 10. The molecule has 0 saturated heterocycles. The van der Waals surface area contributed by atoms with E-state index in [1.165, 1.54) is 10.6 Å². The molecule has 1 N–H and O–H groups in total. The highest BCUT2D eigenvalue weighted by atomic mass is 32.2. The van der Waals surface area contributed by atoms with E-state index in [0.717, 1.165) is 16.9 Å². The van der Waals surface area contributed by atoms with Gasteiger partial charge in [0.2, 0.25) is 10.0 Å². The minimum absolute atomic E-state index is 0.182. The predicted octanol–water partition coefficient (Wildman–Crippen LogP) is 3.78. The van der Waals surface area contributed by atoms with Gasteiger partial charge in [-0.1, -0.05) is 30.3 Å². The number of hydrogen-bond donors (Lipinski definition) is 1. The first-order chi connectivity index (χ1) is 15.8. The van der Waals surface area contributed by atoms with E-state index in [1.54, 1.807) is 61.7 Å². The Kier molecular flexibility index (Phi) is 7.95. The minimum Gasteiger partial charge on any atom is -0.497 e. The van der Waals surface area contributed by atoms with Gasteiger partial charge in [0.25, 0.3) is 5.91 Å². The first-order valence-electron chi connectivity index (χ1n) is 10.5. The van der Waals surface area contributed by atoms with Crippen molar-refractivity contribution in [1.29, 1.82) is 0 Å². The molecule has 0 saturated carbocycles. The predicted molar refractivity (Wildman–Crippen MR) is 129 cm³/mol. The molecule has 0 heterocycles. The highest BCUT2D eigenvalue weighted by molar-refractivity contribution is 7.92. The lowest BCUT2D eigenvalue weighted by atomic mass is 10.1. The van der Waals surface area contributed by atoms with E-state index < -0.39 is 10.0 Å². The normalized spacial score (nSPS) is 11.0. The van der Waals surface area contributed by atoms with Gasteiger partial charge in [-0.2, -0.15) is 0 Å². The third-order valence-electron chi connectivity index (χ3n) is 5.04. The molecule has 0 bridgehead atoms. The van der Waals surface area contributed by atoms with Crippen LogP contribution in [0, 0.1) is 6.92 Å². The molecule has 0 aliphatic rings. The Morgan fingerprint density at radius 1 is 0.939 bits per heavy atom. The maximum atomic E-state index is 12.4. The fourth-order valence-electron chi connectivity index (χ4n) is 3.26. The summed E-state index contributed by atoms with van der Waals surface area (Å²) in [6, 6.07) is 21.5. The summed E-state index contributed by atoms with van der Waals surface area (Å²) in [5.74, 6) is 1.22. The second-order valence-electron chi connectivity index (χ2n) is 7.53. The lowest BCUT2D eigenvalue weighted by Crippen LogP contribution is -2.30. The maximum absolute atomic E-state index is 12.4. The molecule has 1 amide bonds. The maximum Gasteiger partial charge on any atom is 0.251 e. The first kappa shape index (κ1) is 24.1. The number of ether oxygens (including phenoxy) is 2. The van der Waals surface area contributed by atoms with Crippen molar-refractivity contribution in [3.05, 3.63) is 89.5 Å². The SMILES string of the molecule is COc1ccc(OCCNC(=O)c2ccc(CN(c3ccccc3C)S(C)(=O)=O)cc2)cc1. The third kappa shape index (κ3) is 6.73. The number of anilines is 1. The summed E-state index contributed by atoms with van der Waals surface area (Å²) in [6.45, 7) is 2.73. The van der Waals surface area contributed by atoms with Gasteiger partial charge in [-0.15, -0.1) is 0 Å². The number of amides is 1. The van der Waals surface area contributed by atoms with Crippen LogP contribution in [-0.2, 0) is 16.6 Å². The van der Waals surface area contributed by atoms with E-state index in [-0.39, 0.29) is 12.5 Å². The standard InChI is InChI=1S/C25H28N2O5S/c1-19-6-4-5-7-24(19)27(33(3,29)30)18-20-8-10-21(11-9-20)25(28)26-16-17-32-23-14-12-22(31-2)13-15-23/h4-15H,16-18H2,1-3H3,(H,26,28). The second kappa shape index (κ2) is 10.9. The molecule has 3 aromatic carbocycles. The average molecular weight is 469 g/mol. The number of nitrogens with one attached hydrogen (secondary N) is 1. The van der Waals surface area contributed by atoms with Crippen LogP contribution in [0.5, 0.6) is 11.5 Å². The Hall–Kier alpha value is -3.52. The molecule has 0 aromatic heterocycles. The molecular formula is C25H28N2O5S. The highest BCUT2D eigenvalue weighted by Gasteiger charge is 2.19. The van der Waals surface area contributed by atoms with E-state index in [2.05, 4.69) is 5.32 Å². The molecule has 0 aliphatic heterocycles. The zero-order valence-corrected chi connectivity index (χ0v) is 19.8. The van der Waals surface area contributed by atoms with Crippen LogP contribution in [0.3, 0.4) is 0 Å². The van der Waals surface area contributed by atoms with E-state index in [4.69, 9.17) is 9.47 Å². The second-order valence-corrected chi connectivity index (χ2v) is 9.44. The summed E-state index contributed by atoms with van der Waals surface area (Å²) < 4.78 is 36.9. The Morgan fingerprint density at radius 2 is 1.58 bits per heavy atom. The number of nitrogens with zero attached hydrogens (tertiary/aromatic N) is 1.